The summed E-state index contributed by atoms with van der Waals surface area (Å²) in [6.45, 7) is 1.59. The molecule has 2 amide bonds. The Hall–Kier alpha value is -5.65. The summed E-state index contributed by atoms with van der Waals surface area (Å²) in [7, 11) is 0.731. The fourth-order valence-electron chi connectivity index (χ4n) is 10.8. The molecule has 13 heteroatoms. The van der Waals surface area contributed by atoms with E-state index in [0.29, 0.717) is 18.4 Å². The number of nitrogens with one attached hydrogen (secondary N) is 1. The van der Waals surface area contributed by atoms with Crippen molar-refractivity contribution in [1.29, 1.82) is 0 Å². The first-order chi connectivity index (χ1) is 30.7. The number of nitrogens with two attached hydrogens (primary N) is 1. The maximum Gasteiger partial charge on any atom is 0.255 e. The smallest absolute Gasteiger partial charge is 0.255 e. The molecule has 4 aromatic carbocycles. The zero-order valence-electron chi connectivity index (χ0n) is 36.7. The van der Waals surface area contributed by atoms with Crippen molar-refractivity contribution in [3.05, 3.63) is 142 Å². The summed E-state index contributed by atoms with van der Waals surface area (Å²) in [5.74, 6) is -9.69. The molecule has 3 aliphatic carbocycles. The molecule has 0 heterocycles. The van der Waals surface area contributed by atoms with Crippen molar-refractivity contribution < 1.29 is 44.7 Å². The van der Waals surface area contributed by atoms with E-state index in [-0.39, 0.29) is 23.6 Å². The minimum atomic E-state index is -2.99. The number of carbonyl (C=O) groups excluding carboxylic acids is 4. The van der Waals surface area contributed by atoms with E-state index in [0.717, 1.165) is 44.7 Å². The van der Waals surface area contributed by atoms with Gasteiger partial charge in [0.25, 0.3) is 5.91 Å². The molecule has 0 fully saturated rings. The standard InChI is InChI=1S/C51H60N3O9P/c1-31-36-28-27-32(44(56)39(36)45(57)40-38(31)46(58)42-43(54(2)3)47(59)41(50(52)62)49(61)51(42,63)48(40)60)30-53-37(55)26-18-7-5-4-6-8-19-29-64(33-20-12-9-13-21-33,34-22-14-10-15-23-34)35-24-16-11-17-25-35/h9-17,20-25,27-28,31,38,42-43,46,56,58-60,63-64H,4-8,18-19,26,29-30H2,1-3H3,(H2,52,62)(H,53,55)/t31-,38+,42+,43-,46-,51-/m0/s1. The first kappa shape index (κ1) is 46.3. The van der Waals surface area contributed by atoms with Crippen LogP contribution in [-0.2, 0) is 20.9 Å². The van der Waals surface area contributed by atoms with Gasteiger partial charge in [0, 0.05) is 17.1 Å². The summed E-state index contributed by atoms with van der Waals surface area (Å²) < 4.78 is 0. The minimum Gasteiger partial charge on any atom is -0.510 e. The van der Waals surface area contributed by atoms with E-state index in [9.17, 15) is 44.7 Å². The number of aliphatic hydroxyl groups excluding tert-OH is 3. The molecule has 0 aromatic heterocycles. The number of unbranched alkanes of at least 4 members (excludes halogenated alkanes) is 6. The Balaban J connectivity index is 0.939. The molecule has 4 aromatic rings. The van der Waals surface area contributed by atoms with E-state index in [1.165, 1.54) is 34.9 Å². The molecule has 8 N–H and O–H groups in total. The van der Waals surface area contributed by atoms with Crippen LogP contribution in [0, 0.1) is 11.8 Å². The van der Waals surface area contributed by atoms with E-state index in [4.69, 9.17) is 5.73 Å². The number of rotatable bonds is 17. The predicted octanol–water partition coefficient (Wildman–Crippen LogP) is 5.12. The van der Waals surface area contributed by atoms with Crippen molar-refractivity contribution in [2.45, 2.75) is 88.5 Å². The first-order valence-electron chi connectivity index (χ1n) is 22.3. The van der Waals surface area contributed by atoms with Gasteiger partial charge in [0.05, 0.1) is 23.6 Å². The van der Waals surface area contributed by atoms with Gasteiger partial charge in [0.15, 0.2) is 11.4 Å². The fourth-order valence-corrected chi connectivity index (χ4v) is 15.7. The predicted molar refractivity (Wildman–Crippen MR) is 250 cm³/mol. The molecule has 3 aliphatic rings. The van der Waals surface area contributed by atoms with Crippen LogP contribution in [0.15, 0.2) is 126 Å². The number of likely N-dealkylation sites (N-methyl/N-ethyl adjacent to an activating group) is 1. The number of amides is 2. The van der Waals surface area contributed by atoms with E-state index >= 15 is 0 Å². The molecule has 64 heavy (non-hydrogen) atoms. The molecular formula is C51H60N3O9P. The fraction of sp³-hybridized carbons (Fsp3) is 0.373. The quantitative estimate of drug-likeness (QED) is 0.0423. The summed E-state index contributed by atoms with van der Waals surface area (Å²) >= 11 is 0. The van der Waals surface area contributed by atoms with Crippen LogP contribution < -0.4 is 27.0 Å². The van der Waals surface area contributed by atoms with Crippen molar-refractivity contribution in [1.82, 2.24) is 10.2 Å². The second kappa shape index (κ2) is 19.2. The average molecular weight is 890 g/mol. The SMILES string of the molecule is C[C@H]1c2ccc(CNC(=O)CCCCCCCCC[PH](c3ccccc3)(c3ccccc3)c3ccccc3)c(O)c2C(=O)C2=C(O)[C@]3(O)C(=O)C(C(N)=O)=C(O)[C@@H](N(C)C)[C@@H]3[C@@H](O)[C@@H]21. The summed E-state index contributed by atoms with van der Waals surface area (Å²) in [4.78, 5) is 54.5. The molecule has 6 atom stereocenters. The second-order valence-corrected chi connectivity index (χ2v) is 21.9. The molecule has 0 bridgehead atoms. The molecule has 0 saturated carbocycles. The maximum absolute atomic E-state index is 14.2. The zero-order chi connectivity index (χ0) is 45.9. The molecule has 338 valence electrons. The van der Waals surface area contributed by atoms with Gasteiger partial charge in [0.2, 0.25) is 5.78 Å². The summed E-state index contributed by atoms with van der Waals surface area (Å²) in [5, 5.41) is 65.0. The van der Waals surface area contributed by atoms with Gasteiger partial charge in [-0.25, -0.2) is 0 Å². The van der Waals surface area contributed by atoms with Crippen LogP contribution in [0.2, 0.25) is 0 Å². The van der Waals surface area contributed by atoms with Gasteiger partial charge in [-0.2, -0.15) is 0 Å². The third-order valence-corrected chi connectivity index (χ3v) is 19.0. The van der Waals surface area contributed by atoms with Crippen LogP contribution in [0.1, 0.15) is 85.7 Å². The largest absolute Gasteiger partial charge is 0.510 e. The number of fused-ring (bicyclic) bond motifs is 3. The number of ketones is 2. The van der Waals surface area contributed by atoms with E-state index in [2.05, 4.69) is 96.3 Å². The Morgan fingerprint density at radius 2 is 1.28 bits per heavy atom. The van der Waals surface area contributed by atoms with E-state index in [1.807, 2.05) is 0 Å². The number of hydrogen-bond acceptors (Lipinski definition) is 10. The summed E-state index contributed by atoms with van der Waals surface area (Å²) in [6, 6.07) is 34.8. The first-order valence-corrected chi connectivity index (χ1v) is 24.5. The van der Waals surface area contributed by atoms with Crippen molar-refractivity contribution in [2.24, 2.45) is 17.6 Å². The van der Waals surface area contributed by atoms with Gasteiger partial charge >= 0.3 is 194 Å². The number of carbonyl (C=O) groups is 4. The molecule has 0 saturated heterocycles. The van der Waals surface area contributed by atoms with Crippen molar-refractivity contribution in [2.75, 3.05) is 20.3 Å². The Bertz CT molecular complexity index is 2360. The number of phenolic OH excluding ortho intramolecular Hbond substituents is 1. The van der Waals surface area contributed by atoms with Gasteiger partial charge in [-0.05, 0) is 25.6 Å². The summed E-state index contributed by atoms with van der Waals surface area (Å²) in [6.07, 6.45) is 6.77. The molecule has 0 radical (unpaired) electrons. The zero-order valence-corrected chi connectivity index (χ0v) is 37.7. The van der Waals surface area contributed by atoms with Crippen molar-refractivity contribution >= 4 is 46.6 Å². The van der Waals surface area contributed by atoms with Gasteiger partial charge in [-0.1, -0.05) is 19.1 Å². The van der Waals surface area contributed by atoms with Crippen LogP contribution >= 0.6 is 7.26 Å². The number of nitrogens with zero attached hydrogens (tertiary/aromatic N) is 1. The van der Waals surface area contributed by atoms with Gasteiger partial charge < -0.3 is 31.3 Å². The van der Waals surface area contributed by atoms with Crippen LogP contribution in [0.5, 0.6) is 5.75 Å². The molecule has 12 nitrogen and oxygen atoms in total. The van der Waals surface area contributed by atoms with E-state index in [1.54, 1.807) is 19.1 Å². The monoisotopic (exact) mass is 889 g/mol. The van der Waals surface area contributed by atoms with Crippen LogP contribution in [0.4, 0.5) is 0 Å². The third kappa shape index (κ3) is 8.17. The van der Waals surface area contributed by atoms with E-state index < -0.39 is 88.7 Å². The molecular weight excluding hydrogens is 830 g/mol. The Kier molecular flexibility index (Phi) is 13.9. The van der Waals surface area contributed by atoms with Gasteiger partial charge in [-0.3, -0.25) is 19.3 Å². The third-order valence-electron chi connectivity index (χ3n) is 13.9. The number of hydrogen-bond donors (Lipinski definition) is 7. The number of primary amides is 1. The molecule has 0 aliphatic heterocycles. The Labute approximate surface area is 374 Å². The van der Waals surface area contributed by atoms with Crippen LogP contribution in [0.25, 0.3) is 0 Å². The molecule has 7 rings (SSSR count). The van der Waals surface area contributed by atoms with Crippen LogP contribution in [-0.4, -0.2) is 91.8 Å². The number of benzene rings is 4. The number of aromatic hydroxyl groups is 1. The maximum atomic E-state index is 14.2. The topological polar surface area (TPSA) is 211 Å². The summed E-state index contributed by atoms with van der Waals surface area (Å²) in [5.41, 5.74) is 1.39. The minimum absolute atomic E-state index is 0.0858. The van der Waals surface area contributed by atoms with Crippen molar-refractivity contribution in [3.63, 3.8) is 0 Å². The normalized spacial score (nSPS) is 23.4. The average Bonchev–Trinajstić information content (AvgIpc) is 3.28. The molecule has 0 spiro atoms. The van der Waals surface area contributed by atoms with Crippen molar-refractivity contribution in [3.8, 4) is 5.75 Å². The molecule has 0 unspecified atom stereocenters. The number of Topliss-reactive ketones (excluding diaryl/α,β-unsaturated/α-hetero) is 2. The number of phenols is 1. The Morgan fingerprint density at radius 1 is 0.766 bits per heavy atom. The van der Waals surface area contributed by atoms with Crippen LogP contribution in [0.3, 0.4) is 0 Å². The second-order valence-electron chi connectivity index (χ2n) is 17.8. The Morgan fingerprint density at radius 3 is 1.80 bits per heavy atom. The van der Waals surface area contributed by atoms with Gasteiger partial charge in [-0.15, -0.1) is 0 Å². The number of aliphatic hydroxyl groups is 4. The van der Waals surface area contributed by atoms with Gasteiger partial charge in [0.1, 0.15) is 22.8 Å².